The molecule has 0 amide bonds. The van der Waals surface area contributed by atoms with Gasteiger partial charge in [0.15, 0.2) is 5.82 Å². The largest absolute Gasteiger partial charge is 0.433 e. The van der Waals surface area contributed by atoms with Crippen molar-refractivity contribution in [2.45, 2.75) is 19.5 Å². The zero-order chi connectivity index (χ0) is 15.5. The first kappa shape index (κ1) is 14.8. The van der Waals surface area contributed by atoms with E-state index in [1.165, 1.54) is 0 Å². The smallest absolute Gasteiger partial charge is 0.369 e. The van der Waals surface area contributed by atoms with Crippen LogP contribution in [0.3, 0.4) is 0 Å². The fourth-order valence-corrected chi connectivity index (χ4v) is 1.64. The van der Waals surface area contributed by atoms with E-state index >= 15 is 0 Å². The maximum absolute atomic E-state index is 12.6. The highest BCUT2D eigenvalue weighted by molar-refractivity contribution is 5.52. The van der Waals surface area contributed by atoms with Crippen molar-refractivity contribution >= 4 is 5.82 Å². The molecule has 110 valence electrons. The number of aryl methyl sites for hydroxylation is 1. The van der Waals surface area contributed by atoms with Crippen LogP contribution in [0, 0.1) is 18.3 Å². The molecule has 0 unspecified atom stereocenters. The van der Waals surface area contributed by atoms with Gasteiger partial charge in [0.05, 0.1) is 5.56 Å². The van der Waals surface area contributed by atoms with Crippen LogP contribution in [0.15, 0.2) is 12.1 Å². The Bertz CT molecular complexity index is 670. The van der Waals surface area contributed by atoms with Gasteiger partial charge in [-0.2, -0.15) is 23.5 Å². The molecule has 2 aromatic heterocycles. The number of aromatic nitrogens is 4. The van der Waals surface area contributed by atoms with Crippen LogP contribution in [0.1, 0.15) is 22.9 Å². The van der Waals surface area contributed by atoms with Crippen LogP contribution >= 0.6 is 0 Å². The van der Waals surface area contributed by atoms with Crippen molar-refractivity contribution in [2.24, 2.45) is 0 Å². The predicted molar refractivity (Wildman–Crippen MR) is 67.3 cm³/mol. The van der Waals surface area contributed by atoms with Crippen LogP contribution in [-0.2, 0) is 12.6 Å². The zero-order valence-corrected chi connectivity index (χ0v) is 11.0. The summed E-state index contributed by atoms with van der Waals surface area (Å²) in [6, 6.07) is 3.67. The fraction of sp³-hybridized carbons (Fsp3) is 0.333. The Labute approximate surface area is 118 Å². The molecule has 0 spiro atoms. The maximum Gasteiger partial charge on any atom is 0.433 e. The van der Waals surface area contributed by atoms with Crippen molar-refractivity contribution in [2.75, 3.05) is 11.9 Å². The van der Waals surface area contributed by atoms with Gasteiger partial charge in [0.1, 0.15) is 23.4 Å². The molecule has 2 aromatic rings. The SMILES string of the molecule is Cc1nc(CCNc2nc(C(F)(F)F)ccc2C#N)n[nH]1. The lowest BCUT2D eigenvalue weighted by atomic mass is 10.2. The molecule has 0 atom stereocenters. The van der Waals surface area contributed by atoms with Crippen molar-refractivity contribution in [3.8, 4) is 6.07 Å². The topological polar surface area (TPSA) is 90.3 Å². The van der Waals surface area contributed by atoms with Gasteiger partial charge >= 0.3 is 6.18 Å². The van der Waals surface area contributed by atoms with Gasteiger partial charge in [-0.1, -0.05) is 0 Å². The summed E-state index contributed by atoms with van der Waals surface area (Å²) in [4.78, 5) is 7.51. The molecule has 0 bridgehead atoms. The van der Waals surface area contributed by atoms with Gasteiger partial charge in [0.25, 0.3) is 0 Å². The number of anilines is 1. The lowest BCUT2D eigenvalue weighted by molar-refractivity contribution is -0.141. The van der Waals surface area contributed by atoms with Crippen LogP contribution in [-0.4, -0.2) is 26.7 Å². The van der Waals surface area contributed by atoms with Crippen LogP contribution in [0.4, 0.5) is 19.0 Å². The summed E-state index contributed by atoms with van der Waals surface area (Å²) in [6.07, 6.45) is -4.15. The molecule has 2 N–H and O–H groups in total. The average Bonchev–Trinajstić information content (AvgIpc) is 2.83. The monoisotopic (exact) mass is 296 g/mol. The quantitative estimate of drug-likeness (QED) is 0.901. The average molecular weight is 296 g/mol. The van der Waals surface area contributed by atoms with Crippen molar-refractivity contribution in [1.29, 1.82) is 5.26 Å². The molecule has 6 nitrogen and oxygen atoms in total. The van der Waals surface area contributed by atoms with Gasteiger partial charge in [0, 0.05) is 13.0 Å². The number of hydrogen-bond donors (Lipinski definition) is 2. The number of halogens is 3. The molecular weight excluding hydrogens is 285 g/mol. The minimum Gasteiger partial charge on any atom is -0.369 e. The van der Waals surface area contributed by atoms with E-state index in [2.05, 4.69) is 25.5 Å². The first-order valence-electron chi connectivity index (χ1n) is 6.00. The van der Waals surface area contributed by atoms with Gasteiger partial charge in [0.2, 0.25) is 0 Å². The van der Waals surface area contributed by atoms with Crippen molar-refractivity contribution in [3.05, 3.63) is 35.0 Å². The number of rotatable bonds is 4. The number of nitriles is 1. The van der Waals surface area contributed by atoms with E-state index in [0.29, 0.717) is 18.1 Å². The van der Waals surface area contributed by atoms with Crippen molar-refractivity contribution in [3.63, 3.8) is 0 Å². The Morgan fingerprint density at radius 1 is 1.33 bits per heavy atom. The zero-order valence-electron chi connectivity index (χ0n) is 11.0. The molecule has 0 radical (unpaired) electrons. The number of nitrogens with one attached hydrogen (secondary N) is 2. The predicted octanol–water partition coefficient (Wildman–Crippen LogP) is 2.05. The molecule has 0 saturated heterocycles. The minimum absolute atomic E-state index is 0.0502. The van der Waals surface area contributed by atoms with Crippen LogP contribution in [0.25, 0.3) is 0 Å². The summed E-state index contributed by atoms with van der Waals surface area (Å²) in [7, 11) is 0. The number of alkyl halides is 3. The molecule has 0 aliphatic carbocycles. The highest BCUT2D eigenvalue weighted by Crippen LogP contribution is 2.29. The maximum atomic E-state index is 12.6. The lowest BCUT2D eigenvalue weighted by Crippen LogP contribution is -2.13. The third kappa shape index (κ3) is 3.68. The van der Waals surface area contributed by atoms with Crippen LogP contribution in [0.5, 0.6) is 0 Å². The van der Waals surface area contributed by atoms with E-state index in [0.717, 1.165) is 12.1 Å². The molecule has 2 rings (SSSR count). The molecule has 0 aliphatic rings. The summed E-state index contributed by atoms with van der Waals surface area (Å²) >= 11 is 0. The molecule has 0 aromatic carbocycles. The molecule has 21 heavy (non-hydrogen) atoms. The second kappa shape index (κ2) is 5.78. The van der Waals surface area contributed by atoms with E-state index < -0.39 is 11.9 Å². The number of nitrogens with zero attached hydrogens (tertiary/aromatic N) is 4. The number of pyridine rings is 1. The number of hydrogen-bond acceptors (Lipinski definition) is 5. The normalized spacial score (nSPS) is 11.2. The van der Waals surface area contributed by atoms with Crippen LogP contribution < -0.4 is 5.32 Å². The summed E-state index contributed by atoms with van der Waals surface area (Å²) in [5.41, 5.74) is -0.994. The summed E-state index contributed by atoms with van der Waals surface area (Å²) in [6.45, 7) is 2.01. The third-order valence-electron chi connectivity index (χ3n) is 2.59. The highest BCUT2D eigenvalue weighted by atomic mass is 19.4. The summed E-state index contributed by atoms with van der Waals surface area (Å²) < 4.78 is 37.8. The van der Waals surface area contributed by atoms with Gasteiger partial charge in [-0.3, -0.25) is 5.10 Å². The molecular formula is C12H11F3N6. The Kier molecular flexibility index (Phi) is 4.07. The van der Waals surface area contributed by atoms with E-state index in [1.54, 1.807) is 13.0 Å². The van der Waals surface area contributed by atoms with Crippen molar-refractivity contribution in [1.82, 2.24) is 20.2 Å². The lowest BCUT2D eigenvalue weighted by Gasteiger charge is -2.10. The number of aromatic amines is 1. The first-order chi connectivity index (χ1) is 9.90. The Morgan fingerprint density at radius 2 is 2.10 bits per heavy atom. The van der Waals surface area contributed by atoms with Gasteiger partial charge in [-0.05, 0) is 19.1 Å². The van der Waals surface area contributed by atoms with Gasteiger partial charge in [-0.25, -0.2) is 9.97 Å². The van der Waals surface area contributed by atoms with E-state index in [-0.39, 0.29) is 17.9 Å². The Hall–Kier alpha value is -2.63. The minimum atomic E-state index is -4.55. The Balaban J connectivity index is 2.09. The summed E-state index contributed by atoms with van der Waals surface area (Å²) in [5.74, 6) is 1.09. The van der Waals surface area contributed by atoms with E-state index in [9.17, 15) is 13.2 Å². The summed E-state index contributed by atoms with van der Waals surface area (Å²) in [5, 5.41) is 18.2. The van der Waals surface area contributed by atoms with Crippen LogP contribution in [0.2, 0.25) is 0 Å². The van der Waals surface area contributed by atoms with Crippen molar-refractivity contribution < 1.29 is 13.2 Å². The molecule has 0 fully saturated rings. The number of H-pyrrole nitrogens is 1. The fourth-order valence-electron chi connectivity index (χ4n) is 1.64. The second-order valence-electron chi connectivity index (χ2n) is 4.22. The second-order valence-corrected chi connectivity index (χ2v) is 4.22. The van der Waals surface area contributed by atoms with E-state index in [4.69, 9.17) is 5.26 Å². The molecule has 2 heterocycles. The standard InChI is InChI=1S/C12H11F3N6/c1-7-18-10(21-20-7)4-5-17-11-8(6-16)2-3-9(19-11)12(13,14)15/h2-3H,4-5H2,1H3,(H,17,19)(H,18,20,21). The first-order valence-corrected chi connectivity index (χ1v) is 6.00. The molecule has 0 aliphatic heterocycles. The molecule has 9 heteroatoms. The van der Waals surface area contributed by atoms with E-state index in [1.807, 2.05) is 0 Å². The molecule has 0 saturated carbocycles. The third-order valence-corrected chi connectivity index (χ3v) is 2.59. The highest BCUT2D eigenvalue weighted by Gasteiger charge is 2.33. The Morgan fingerprint density at radius 3 is 2.67 bits per heavy atom. The van der Waals surface area contributed by atoms with Gasteiger partial charge < -0.3 is 5.32 Å². The van der Waals surface area contributed by atoms with Gasteiger partial charge in [-0.15, -0.1) is 0 Å².